The lowest BCUT2D eigenvalue weighted by atomic mass is 9.91. The molecule has 188 valence electrons. The molecule has 5 rings (SSSR count). The van der Waals surface area contributed by atoms with Crippen LogP contribution < -0.4 is 4.74 Å². The fraction of sp³-hybridized carbons (Fsp3) is 0.321. The zero-order valence-corrected chi connectivity index (χ0v) is 19.5. The summed E-state index contributed by atoms with van der Waals surface area (Å²) >= 11 is 0. The van der Waals surface area contributed by atoms with E-state index in [0.29, 0.717) is 48.4 Å². The van der Waals surface area contributed by atoms with E-state index in [1.165, 1.54) is 6.07 Å². The lowest BCUT2D eigenvalue weighted by Crippen LogP contribution is -2.46. The van der Waals surface area contributed by atoms with Crippen LogP contribution in [0, 0.1) is 0 Å². The Hall–Kier alpha value is -3.36. The number of carbonyl (C=O) groups is 1. The Morgan fingerprint density at radius 2 is 1.61 bits per heavy atom. The second-order valence-electron chi connectivity index (χ2n) is 9.31. The summed E-state index contributed by atoms with van der Waals surface area (Å²) < 4.78 is 50.2. The molecule has 3 aromatic carbocycles. The maximum atomic E-state index is 13.0. The van der Waals surface area contributed by atoms with E-state index in [4.69, 9.17) is 9.47 Å². The average Bonchev–Trinajstić information content (AvgIpc) is 2.87. The van der Waals surface area contributed by atoms with Crippen LogP contribution in [-0.4, -0.2) is 48.3 Å². The van der Waals surface area contributed by atoms with Gasteiger partial charge in [0.05, 0.1) is 18.8 Å². The molecule has 0 saturated carbocycles. The second kappa shape index (κ2) is 9.59. The van der Waals surface area contributed by atoms with Crippen LogP contribution in [-0.2, 0) is 16.5 Å². The van der Waals surface area contributed by atoms with E-state index in [0.717, 1.165) is 17.7 Å². The number of aliphatic hydroxyl groups is 1. The molecule has 0 aromatic heterocycles. The van der Waals surface area contributed by atoms with Crippen LogP contribution in [0.25, 0.3) is 11.1 Å². The molecule has 0 aliphatic carbocycles. The van der Waals surface area contributed by atoms with Gasteiger partial charge in [-0.25, -0.2) is 0 Å². The minimum atomic E-state index is -4.38. The summed E-state index contributed by atoms with van der Waals surface area (Å²) in [5.41, 5.74) is 0.859. The van der Waals surface area contributed by atoms with Crippen LogP contribution in [0.1, 0.15) is 34.3 Å². The van der Waals surface area contributed by atoms with Crippen molar-refractivity contribution in [2.45, 2.75) is 30.7 Å². The Labute approximate surface area is 207 Å². The third-order valence-corrected chi connectivity index (χ3v) is 6.76. The van der Waals surface area contributed by atoms with E-state index in [9.17, 15) is 23.1 Å². The molecule has 2 saturated heterocycles. The van der Waals surface area contributed by atoms with Gasteiger partial charge in [0.2, 0.25) is 0 Å². The van der Waals surface area contributed by atoms with Gasteiger partial charge in [-0.2, -0.15) is 13.2 Å². The van der Waals surface area contributed by atoms with Crippen LogP contribution in [0.2, 0.25) is 0 Å². The maximum Gasteiger partial charge on any atom is 0.416 e. The molecule has 2 heterocycles. The normalized spacial score (nSPS) is 17.9. The average molecular weight is 498 g/mol. The van der Waals surface area contributed by atoms with Gasteiger partial charge < -0.3 is 19.5 Å². The summed E-state index contributed by atoms with van der Waals surface area (Å²) in [7, 11) is 0. The summed E-state index contributed by atoms with van der Waals surface area (Å²) in [6, 6.07) is 19.3. The van der Waals surface area contributed by atoms with Gasteiger partial charge in [0.25, 0.3) is 5.91 Å². The van der Waals surface area contributed by atoms with Crippen molar-refractivity contribution in [1.29, 1.82) is 0 Å². The van der Waals surface area contributed by atoms with Gasteiger partial charge in [-0.1, -0.05) is 36.4 Å². The number of piperidine rings is 1. The molecule has 36 heavy (non-hydrogen) atoms. The SMILES string of the molecule is O=C(c1ccc(C2(O)COC2)cc1)N1CCC(Oc2ccc(-c3cccc(C(F)(F)F)c3)cc2)CC1. The first-order valence-electron chi connectivity index (χ1n) is 11.9. The summed E-state index contributed by atoms with van der Waals surface area (Å²) in [5, 5.41) is 10.3. The van der Waals surface area contributed by atoms with E-state index in [1.807, 2.05) is 0 Å². The minimum absolute atomic E-state index is 0.0521. The number of hydrogen-bond donors (Lipinski definition) is 1. The molecular weight excluding hydrogens is 471 g/mol. The zero-order valence-electron chi connectivity index (χ0n) is 19.5. The van der Waals surface area contributed by atoms with Crippen molar-refractivity contribution >= 4 is 5.91 Å². The predicted molar refractivity (Wildman–Crippen MR) is 128 cm³/mol. The quantitative estimate of drug-likeness (QED) is 0.522. The predicted octanol–water partition coefficient (Wildman–Crippen LogP) is 5.27. The van der Waals surface area contributed by atoms with E-state index in [-0.39, 0.29) is 25.2 Å². The lowest BCUT2D eigenvalue weighted by Gasteiger charge is -2.37. The molecule has 0 spiro atoms. The monoisotopic (exact) mass is 497 g/mol. The van der Waals surface area contributed by atoms with Crippen LogP contribution >= 0.6 is 0 Å². The summed E-state index contributed by atoms with van der Waals surface area (Å²) in [5.74, 6) is 0.589. The van der Waals surface area contributed by atoms with Crippen molar-refractivity contribution in [3.05, 3.63) is 89.5 Å². The number of alkyl halides is 3. The number of benzene rings is 3. The van der Waals surface area contributed by atoms with E-state index < -0.39 is 17.3 Å². The number of likely N-dealkylation sites (tertiary alicyclic amines) is 1. The van der Waals surface area contributed by atoms with Crippen molar-refractivity contribution in [2.24, 2.45) is 0 Å². The molecule has 0 atom stereocenters. The van der Waals surface area contributed by atoms with Gasteiger partial charge in [0.15, 0.2) is 0 Å². The Morgan fingerprint density at radius 3 is 2.19 bits per heavy atom. The summed E-state index contributed by atoms with van der Waals surface area (Å²) in [4.78, 5) is 14.7. The molecular formula is C28H26F3NO4. The smallest absolute Gasteiger partial charge is 0.416 e. The molecule has 2 fully saturated rings. The first kappa shape index (κ1) is 24.3. The standard InChI is InChI=1S/C28H26F3NO4/c29-28(30,31)23-3-1-2-21(16-23)19-6-10-24(11-7-19)36-25-12-14-32(15-13-25)26(33)20-4-8-22(9-5-20)27(34)17-35-18-27/h1-11,16,25,34H,12-15,17-18H2. The highest BCUT2D eigenvalue weighted by Gasteiger charge is 2.38. The number of nitrogens with zero attached hydrogens (tertiary/aromatic N) is 1. The first-order chi connectivity index (χ1) is 17.2. The fourth-order valence-electron chi connectivity index (χ4n) is 4.54. The second-order valence-corrected chi connectivity index (χ2v) is 9.31. The van der Waals surface area contributed by atoms with E-state index >= 15 is 0 Å². The van der Waals surface area contributed by atoms with Crippen molar-refractivity contribution in [2.75, 3.05) is 26.3 Å². The van der Waals surface area contributed by atoms with Crippen LogP contribution in [0.4, 0.5) is 13.2 Å². The number of amides is 1. The molecule has 1 N–H and O–H groups in total. The van der Waals surface area contributed by atoms with Crippen molar-refractivity contribution in [3.8, 4) is 16.9 Å². The van der Waals surface area contributed by atoms with Crippen LogP contribution in [0.15, 0.2) is 72.8 Å². The summed E-state index contributed by atoms with van der Waals surface area (Å²) in [6.45, 7) is 1.65. The van der Waals surface area contributed by atoms with Crippen molar-refractivity contribution in [1.82, 2.24) is 4.90 Å². The van der Waals surface area contributed by atoms with E-state index in [1.54, 1.807) is 59.5 Å². The number of rotatable bonds is 5. The maximum absolute atomic E-state index is 13.0. The molecule has 2 aliphatic rings. The Kier molecular flexibility index (Phi) is 6.49. The lowest BCUT2D eigenvalue weighted by molar-refractivity contribution is -0.184. The first-order valence-corrected chi connectivity index (χ1v) is 11.9. The third-order valence-electron chi connectivity index (χ3n) is 6.76. The molecule has 1 amide bonds. The van der Waals surface area contributed by atoms with Crippen LogP contribution in [0.5, 0.6) is 5.75 Å². The molecule has 0 unspecified atom stereocenters. The molecule has 3 aromatic rings. The Balaban J connectivity index is 1.15. The van der Waals surface area contributed by atoms with Crippen molar-refractivity contribution < 1.29 is 32.5 Å². The van der Waals surface area contributed by atoms with Crippen molar-refractivity contribution in [3.63, 3.8) is 0 Å². The van der Waals surface area contributed by atoms with Crippen LogP contribution in [0.3, 0.4) is 0 Å². The number of halogens is 3. The van der Waals surface area contributed by atoms with E-state index in [2.05, 4.69) is 0 Å². The Morgan fingerprint density at radius 1 is 0.944 bits per heavy atom. The highest BCUT2D eigenvalue weighted by molar-refractivity contribution is 5.94. The third kappa shape index (κ3) is 5.10. The molecule has 0 bridgehead atoms. The number of ether oxygens (including phenoxy) is 2. The molecule has 5 nitrogen and oxygen atoms in total. The molecule has 0 radical (unpaired) electrons. The minimum Gasteiger partial charge on any atom is -0.490 e. The van der Waals surface area contributed by atoms with Gasteiger partial charge in [0.1, 0.15) is 17.5 Å². The zero-order chi connectivity index (χ0) is 25.3. The molecule has 2 aliphatic heterocycles. The van der Waals surface area contributed by atoms with Gasteiger partial charge in [-0.05, 0) is 53.1 Å². The van der Waals surface area contributed by atoms with Gasteiger partial charge >= 0.3 is 6.18 Å². The van der Waals surface area contributed by atoms with Gasteiger partial charge in [0, 0.05) is 31.5 Å². The van der Waals surface area contributed by atoms with Gasteiger partial charge in [-0.15, -0.1) is 0 Å². The number of hydrogen-bond acceptors (Lipinski definition) is 4. The number of carbonyl (C=O) groups excluding carboxylic acids is 1. The highest BCUT2D eigenvalue weighted by atomic mass is 19.4. The summed E-state index contributed by atoms with van der Waals surface area (Å²) in [6.07, 6.45) is -3.08. The highest BCUT2D eigenvalue weighted by Crippen LogP contribution is 2.33. The molecule has 8 heteroatoms. The topological polar surface area (TPSA) is 59.0 Å². The fourth-order valence-corrected chi connectivity index (χ4v) is 4.54. The van der Waals surface area contributed by atoms with Gasteiger partial charge in [-0.3, -0.25) is 4.79 Å². The Bertz CT molecular complexity index is 1210. The largest absolute Gasteiger partial charge is 0.490 e.